The Hall–Kier alpha value is -1.56. The molecule has 1 aromatic heterocycles. The molecular formula is C17H20Cl2N4O. The lowest BCUT2D eigenvalue weighted by Gasteiger charge is -2.23. The minimum absolute atomic E-state index is 0. The molecule has 2 N–H and O–H groups in total. The number of urea groups is 1. The number of aromatic nitrogens is 1. The lowest BCUT2D eigenvalue weighted by Crippen LogP contribution is -2.42. The predicted molar refractivity (Wildman–Crippen MR) is 99.1 cm³/mol. The number of fused-ring (bicyclic) bond motifs is 5. The molecule has 4 heterocycles. The first-order chi connectivity index (χ1) is 11.2. The standard InChI is InChI=1S/C17H19ClN4O.ClH/c18-14-5-6-15(13-2-1-7-19-16(13)14)21-17(23)22-9-11-3-4-12(10-22)20-8-11;/h1-2,5-7,11-12,20H,3-4,8-10H2,(H,21,23);1H/t11-,12-;/m0./s1. The van der Waals surface area contributed by atoms with Gasteiger partial charge in [-0.05, 0) is 49.6 Å². The van der Waals surface area contributed by atoms with E-state index in [0.717, 1.165) is 37.1 Å². The van der Waals surface area contributed by atoms with Crippen LogP contribution in [0.1, 0.15) is 12.8 Å². The molecule has 0 radical (unpaired) electrons. The van der Waals surface area contributed by atoms with Crippen LogP contribution in [0, 0.1) is 5.92 Å². The second-order valence-corrected chi connectivity index (χ2v) is 6.79. The molecule has 3 aliphatic heterocycles. The number of rotatable bonds is 1. The molecule has 7 heteroatoms. The minimum Gasteiger partial charge on any atom is -0.323 e. The van der Waals surface area contributed by atoms with Crippen LogP contribution in [0.3, 0.4) is 0 Å². The quantitative estimate of drug-likeness (QED) is 0.811. The molecular weight excluding hydrogens is 347 g/mol. The van der Waals surface area contributed by atoms with Crippen molar-refractivity contribution in [3.05, 3.63) is 35.5 Å². The maximum absolute atomic E-state index is 12.7. The highest BCUT2D eigenvalue weighted by molar-refractivity contribution is 6.35. The van der Waals surface area contributed by atoms with Gasteiger partial charge in [0.1, 0.15) is 0 Å². The first-order valence-electron chi connectivity index (χ1n) is 8.03. The first-order valence-corrected chi connectivity index (χ1v) is 8.41. The number of piperidine rings is 1. The molecule has 5 rings (SSSR count). The molecule has 0 saturated carbocycles. The van der Waals surface area contributed by atoms with Crippen molar-refractivity contribution in [3.63, 3.8) is 0 Å². The fourth-order valence-electron chi connectivity index (χ4n) is 3.55. The van der Waals surface area contributed by atoms with Gasteiger partial charge in [0.2, 0.25) is 0 Å². The first kappa shape index (κ1) is 17.3. The van der Waals surface area contributed by atoms with E-state index in [4.69, 9.17) is 11.6 Å². The van der Waals surface area contributed by atoms with E-state index in [1.807, 2.05) is 23.1 Å². The second kappa shape index (κ2) is 7.13. The molecule has 2 amide bonds. The Morgan fingerprint density at radius 3 is 2.96 bits per heavy atom. The SMILES string of the molecule is Cl.O=C(Nc1ccc(Cl)c2ncccc12)N1C[C@H]2CC[C@@H](C1)NC2. The number of amides is 2. The molecule has 0 unspecified atom stereocenters. The Balaban J connectivity index is 0.00000169. The topological polar surface area (TPSA) is 57.3 Å². The van der Waals surface area contributed by atoms with E-state index in [9.17, 15) is 4.79 Å². The third-order valence-corrected chi connectivity index (χ3v) is 5.09. The van der Waals surface area contributed by atoms with E-state index < -0.39 is 0 Å². The van der Waals surface area contributed by atoms with Crippen molar-refractivity contribution >= 4 is 46.6 Å². The molecule has 128 valence electrons. The van der Waals surface area contributed by atoms with Gasteiger partial charge in [-0.2, -0.15) is 0 Å². The highest BCUT2D eigenvalue weighted by Crippen LogP contribution is 2.29. The number of anilines is 1. The highest BCUT2D eigenvalue weighted by atomic mass is 35.5. The lowest BCUT2D eigenvalue weighted by atomic mass is 9.97. The van der Waals surface area contributed by atoms with Gasteiger partial charge in [0, 0.05) is 30.7 Å². The number of nitrogens with one attached hydrogen (secondary N) is 2. The number of nitrogens with zero attached hydrogens (tertiary/aromatic N) is 2. The van der Waals surface area contributed by atoms with Gasteiger partial charge in [-0.1, -0.05) is 11.6 Å². The predicted octanol–water partition coefficient (Wildman–Crippen LogP) is 3.53. The molecule has 2 atom stereocenters. The third-order valence-electron chi connectivity index (χ3n) is 4.79. The molecule has 3 fully saturated rings. The van der Waals surface area contributed by atoms with Crippen LogP contribution in [0.4, 0.5) is 10.5 Å². The third kappa shape index (κ3) is 3.29. The lowest BCUT2D eigenvalue weighted by molar-refractivity contribution is 0.209. The molecule has 2 aromatic rings. The molecule has 1 aromatic carbocycles. The van der Waals surface area contributed by atoms with E-state index in [2.05, 4.69) is 15.6 Å². The number of carbonyl (C=O) groups excluding carboxylic acids is 1. The van der Waals surface area contributed by atoms with Gasteiger partial charge in [0.15, 0.2) is 0 Å². The maximum Gasteiger partial charge on any atom is 0.321 e. The van der Waals surface area contributed by atoms with Gasteiger partial charge in [-0.3, -0.25) is 4.98 Å². The molecule has 24 heavy (non-hydrogen) atoms. The largest absolute Gasteiger partial charge is 0.323 e. The average Bonchev–Trinajstić information content (AvgIpc) is 2.91. The summed E-state index contributed by atoms with van der Waals surface area (Å²) in [5.41, 5.74) is 1.47. The van der Waals surface area contributed by atoms with Crippen molar-refractivity contribution in [2.45, 2.75) is 18.9 Å². The van der Waals surface area contributed by atoms with Gasteiger partial charge in [0.25, 0.3) is 0 Å². The fourth-order valence-corrected chi connectivity index (χ4v) is 3.76. The van der Waals surface area contributed by atoms with E-state index >= 15 is 0 Å². The van der Waals surface area contributed by atoms with Crippen LogP contribution in [0.5, 0.6) is 0 Å². The zero-order valence-corrected chi connectivity index (χ0v) is 14.7. The van der Waals surface area contributed by atoms with Crippen molar-refractivity contribution in [2.75, 3.05) is 25.0 Å². The van der Waals surface area contributed by atoms with Crippen LogP contribution >= 0.6 is 24.0 Å². The number of hydrogen-bond donors (Lipinski definition) is 2. The Labute approximate surface area is 152 Å². The average molecular weight is 367 g/mol. The molecule has 2 bridgehead atoms. The fraction of sp³-hybridized carbons (Fsp3) is 0.412. The zero-order chi connectivity index (χ0) is 15.8. The van der Waals surface area contributed by atoms with Crippen LogP contribution in [0.2, 0.25) is 5.02 Å². The zero-order valence-electron chi connectivity index (χ0n) is 13.2. The molecule has 0 spiro atoms. The van der Waals surface area contributed by atoms with Gasteiger partial charge in [-0.15, -0.1) is 12.4 Å². The summed E-state index contributed by atoms with van der Waals surface area (Å²) < 4.78 is 0. The van der Waals surface area contributed by atoms with E-state index in [1.54, 1.807) is 12.3 Å². The molecule has 3 aliphatic rings. The second-order valence-electron chi connectivity index (χ2n) is 6.38. The minimum atomic E-state index is -0.0434. The summed E-state index contributed by atoms with van der Waals surface area (Å²) in [6.45, 7) is 2.60. The Morgan fingerprint density at radius 2 is 2.17 bits per heavy atom. The molecule has 3 saturated heterocycles. The highest BCUT2D eigenvalue weighted by Gasteiger charge is 2.31. The van der Waals surface area contributed by atoms with E-state index in [1.165, 1.54) is 6.42 Å². The summed E-state index contributed by atoms with van der Waals surface area (Å²) in [6.07, 6.45) is 4.06. The number of pyridine rings is 1. The van der Waals surface area contributed by atoms with Crippen LogP contribution in [0.15, 0.2) is 30.5 Å². The summed E-state index contributed by atoms with van der Waals surface area (Å²) in [4.78, 5) is 18.9. The van der Waals surface area contributed by atoms with Crippen molar-refractivity contribution < 1.29 is 4.79 Å². The summed E-state index contributed by atoms with van der Waals surface area (Å²) in [5.74, 6) is 0.558. The van der Waals surface area contributed by atoms with Crippen molar-refractivity contribution in [3.8, 4) is 0 Å². The summed E-state index contributed by atoms with van der Waals surface area (Å²) in [7, 11) is 0. The Kier molecular flexibility index (Phi) is 5.13. The van der Waals surface area contributed by atoms with Crippen molar-refractivity contribution in [1.29, 1.82) is 0 Å². The van der Waals surface area contributed by atoms with Gasteiger partial charge >= 0.3 is 6.03 Å². The number of benzene rings is 1. The van der Waals surface area contributed by atoms with Crippen LogP contribution in [-0.4, -0.2) is 41.6 Å². The maximum atomic E-state index is 12.7. The van der Waals surface area contributed by atoms with Crippen LogP contribution < -0.4 is 10.6 Å². The molecule has 5 nitrogen and oxygen atoms in total. The summed E-state index contributed by atoms with van der Waals surface area (Å²) >= 11 is 6.19. The number of carbonyl (C=O) groups is 1. The van der Waals surface area contributed by atoms with Crippen molar-refractivity contribution in [1.82, 2.24) is 15.2 Å². The monoisotopic (exact) mass is 366 g/mol. The normalized spacial score (nSPS) is 22.8. The van der Waals surface area contributed by atoms with Gasteiger partial charge in [0.05, 0.1) is 16.2 Å². The smallest absolute Gasteiger partial charge is 0.321 e. The van der Waals surface area contributed by atoms with Gasteiger partial charge < -0.3 is 15.5 Å². The van der Waals surface area contributed by atoms with Crippen LogP contribution in [0.25, 0.3) is 10.9 Å². The molecule has 0 aliphatic carbocycles. The van der Waals surface area contributed by atoms with E-state index in [-0.39, 0.29) is 18.4 Å². The van der Waals surface area contributed by atoms with Gasteiger partial charge in [-0.25, -0.2) is 4.79 Å². The van der Waals surface area contributed by atoms with Crippen LogP contribution in [-0.2, 0) is 0 Å². The summed E-state index contributed by atoms with van der Waals surface area (Å²) in [5, 5.41) is 8.02. The summed E-state index contributed by atoms with van der Waals surface area (Å²) in [6, 6.07) is 7.78. The Morgan fingerprint density at radius 1 is 1.29 bits per heavy atom. The number of halogens is 2. The van der Waals surface area contributed by atoms with Crippen molar-refractivity contribution in [2.24, 2.45) is 5.92 Å². The number of hydrogen-bond acceptors (Lipinski definition) is 3. The van der Waals surface area contributed by atoms with E-state index in [0.29, 0.717) is 22.5 Å². The Bertz CT molecular complexity index is 732.